The Labute approximate surface area is 196 Å². The maximum absolute atomic E-state index is 13.1. The summed E-state index contributed by atoms with van der Waals surface area (Å²) in [6, 6.07) is 12.3. The number of nitrogens with zero attached hydrogens (tertiary/aromatic N) is 3. The summed E-state index contributed by atoms with van der Waals surface area (Å²) in [4.78, 5) is 12.8. The van der Waals surface area contributed by atoms with E-state index in [0.717, 1.165) is 16.1 Å². The second-order valence-corrected chi connectivity index (χ2v) is 11.3. The molecule has 0 bridgehead atoms. The molecule has 7 nitrogen and oxygen atoms in total. The number of sulfonamides is 1. The van der Waals surface area contributed by atoms with Crippen molar-refractivity contribution in [2.24, 2.45) is 0 Å². The molecule has 0 radical (unpaired) electrons. The molecule has 168 valence electrons. The van der Waals surface area contributed by atoms with Crippen LogP contribution < -0.4 is 5.32 Å². The van der Waals surface area contributed by atoms with Gasteiger partial charge in [-0.2, -0.15) is 4.31 Å². The summed E-state index contributed by atoms with van der Waals surface area (Å²) in [6.07, 6.45) is 1.27. The summed E-state index contributed by atoms with van der Waals surface area (Å²) < 4.78 is 27.7. The zero-order chi connectivity index (χ0) is 22.9. The third kappa shape index (κ3) is 5.01. The molecular formula is C22H23ClN4O3S2. The number of halogens is 1. The molecule has 1 N–H and O–H groups in total. The van der Waals surface area contributed by atoms with Crippen LogP contribution in [0, 0.1) is 13.8 Å². The highest BCUT2D eigenvalue weighted by atomic mass is 35.5. The quantitative estimate of drug-likeness (QED) is 0.563. The third-order valence-corrected chi connectivity index (χ3v) is 8.55. The van der Waals surface area contributed by atoms with Gasteiger partial charge in [-0.1, -0.05) is 35.1 Å². The summed E-state index contributed by atoms with van der Waals surface area (Å²) in [5.74, 6) is -0.267. The van der Waals surface area contributed by atoms with Crippen LogP contribution in [0.2, 0.25) is 5.02 Å². The van der Waals surface area contributed by atoms with E-state index in [2.05, 4.69) is 15.5 Å². The van der Waals surface area contributed by atoms with Gasteiger partial charge < -0.3 is 5.32 Å². The van der Waals surface area contributed by atoms with E-state index >= 15 is 0 Å². The van der Waals surface area contributed by atoms with Crippen LogP contribution in [0.1, 0.15) is 44.7 Å². The van der Waals surface area contributed by atoms with Crippen molar-refractivity contribution >= 4 is 44.6 Å². The zero-order valence-corrected chi connectivity index (χ0v) is 20.1. The molecule has 10 heteroatoms. The number of hydrogen-bond donors (Lipinski definition) is 1. The standard InChI is InChI=1S/C22H23ClN4O3S2/c1-14-10-15(2)12-19(11-14)32(29,30)27-8-6-16(7-9-27)21-25-26-22(31-21)20(28)24-18-5-3-4-17(23)13-18/h3-5,10-13,16H,6-9H2,1-2H3,(H,24,28). The Morgan fingerprint density at radius 2 is 1.78 bits per heavy atom. The highest BCUT2D eigenvalue weighted by Crippen LogP contribution is 2.33. The number of carbonyl (C=O) groups is 1. The Hall–Kier alpha value is -2.33. The minimum atomic E-state index is -3.53. The van der Waals surface area contributed by atoms with E-state index in [1.165, 1.54) is 15.6 Å². The van der Waals surface area contributed by atoms with Gasteiger partial charge in [-0.25, -0.2) is 8.42 Å². The molecule has 0 saturated carbocycles. The molecule has 3 aromatic rings. The van der Waals surface area contributed by atoms with Crippen LogP contribution in [0.15, 0.2) is 47.4 Å². The lowest BCUT2D eigenvalue weighted by Gasteiger charge is -2.30. The van der Waals surface area contributed by atoms with Crippen molar-refractivity contribution in [3.63, 3.8) is 0 Å². The Balaban J connectivity index is 1.40. The molecule has 32 heavy (non-hydrogen) atoms. The van der Waals surface area contributed by atoms with Crippen molar-refractivity contribution < 1.29 is 13.2 Å². The number of rotatable bonds is 5. The fourth-order valence-electron chi connectivity index (χ4n) is 3.82. The topological polar surface area (TPSA) is 92.3 Å². The average Bonchev–Trinajstić information content (AvgIpc) is 3.24. The normalized spacial score (nSPS) is 15.6. The first-order valence-electron chi connectivity index (χ1n) is 10.2. The first kappa shape index (κ1) is 22.8. The summed E-state index contributed by atoms with van der Waals surface area (Å²) in [5.41, 5.74) is 2.44. The van der Waals surface area contributed by atoms with Crippen molar-refractivity contribution in [1.82, 2.24) is 14.5 Å². The molecule has 0 aliphatic carbocycles. The molecule has 1 aromatic heterocycles. The average molecular weight is 491 g/mol. The largest absolute Gasteiger partial charge is 0.320 e. The highest BCUT2D eigenvalue weighted by molar-refractivity contribution is 7.89. The Morgan fingerprint density at radius 1 is 1.09 bits per heavy atom. The van der Waals surface area contributed by atoms with Gasteiger partial charge in [-0.15, -0.1) is 10.2 Å². The number of aryl methyl sites for hydroxylation is 2. The maximum atomic E-state index is 13.1. The Morgan fingerprint density at radius 3 is 2.44 bits per heavy atom. The SMILES string of the molecule is Cc1cc(C)cc(S(=O)(=O)N2CCC(c3nnc(C(=O)Nc4cccc(Cl)c4)s3)CC2)c1. The van der Waals surface area contributed by atoms with Crippen molar-refractivity contribution in [1.29, 1.82) is 0 Å². The van der Waals surface area contributed by atoms with Gasteiger partial charge in [0.25, 0.3) is 5.91 Å². The number of carbonyl (C=O) groups excluding carboxylic acids is 1. The minimum absolute atomic E-state index is 0.0749. The summed E-state index contributed by atoms with van der Waals surface area (Å²) in [5, 5.41) is 12.6. The summed E-state index contributed by atoms with van der Waals surface area (Å²) in [7, 11) is -3.53. The van der Waals surface area contributed by atoms with Gasteiger partial charge >= 0.3 is 0 Å². The first-order valence-corrected chi connectivity index (χ1v) is 12.8. The van der Waals surface area contributed by atoms with Gasteiger partial charge in [0.1, 0.15) is 5.01 Å². The van der Waals surface area contributed by atoms with Crippen molar-refractivity contribution in [3.05, 3.63) is 68.6 Å². The first-order chi connectivity index (χ1) is 15.2. The van der Waals surface area contributed by atoms with Crippen LogP contribution in [-0.4, -0.2) is 41.9 Å². The fraction of sp³-hybridized carbons (Fsp3) is 0.318. The third-order valence-electron chi connectivity index (χ3n) is 5.35. The molecule has 2 heterocycles. The molecule has 0 atom stereocenters. The van der Waals surface area contributed by atoms with Crippen LogP contribution in [0.3, 0.4) is 0 Å². The molecule has 2 aromatic carbocycles. The predicted octanol–water partition coefficient (Wildman–Crippen LogP) is 4.63. The lowest BCUT2D eigenvalue weighted by Crippen LogP contribution is -2.37. The molecule has 1 amide bonds. The molecule has 0 unspecified atom stereocenters. The summed E-state index contributed by atoms with van der Waals surface area (Å²) >= 11 is 7.20. The van der Waals surface area contributed by atoms with Crippen molar-refractivity contribution in [2.75, 3.05) is 18.4 Å². The van der Waals surface area contributed by atoms with E-state index in [4.69, 9.17) is 11.6 Å². The van der Waals surface area contributed by atoms with E-state index in [-0.39, 0.29) is 16.8 Å². The van der Waals surface area contributed by atoms with Crippen LogP contribution in [-0.2, 0) is 10.0 Å². The Kier molecular flexibility index (Phi) is 6.62. The van der Waals surface area contributed by atoms with Crippen LogP contribution in [0.4, 0.5) is 5.69 Å². The number of anilines is 1. The second-order valence-electron chi connectivity index (χ2n) is 7.91. The van der Waals surface area contributed by atoms with E-state index in [1.807, 2.05) is 19.9 Å². The Bertz CT molecular complexity index is 1230. The van der Waals surface area contributed by atoms with E-state index in [0.29, 0.717) is 41.5 Å². The van der Waals surface area contributed by atoms with Crippen LogP contribution in [0.25, 0.3) is 0 Å². The smallest absolute Gasteiger partial charge is 0.286 e. The van der Waals surface area contributed by atoms with Gasteiger partial charge in [0, 0.05) is 29.7 Å². The molecule has 1 saturated heterocycles. The minimum Gasteiger partial charge on any atom is -0.320 e. The number of amides is 1. The lowest BCUT2D eigenvalue weighted by atomic mass is 9.99. The predicted molar refractivity (Wildman–Crippen MR) is 126 cm³/mol. The van der Waals surface area contributed by atoms with Gasteiger partial charge in [-0.05, 0) is 68.1 Å². The van der Waals surface area contributed by atoms with Gasteiger partial charge in [0.2, 0.25) is 15.0 Å². The van der Waals surface area contributed by atoms with Crippen molar-refractivity contribution in [3.8, 4) is 0 Å². The van der Waals surface area contributed by atoms with Crippen molar-refractivity contribution in [2.45, 2.75) is 37.5 Å². The number of nitrogens with one attached hydrogen (secondary N) is 1. The number of hydrogen-bond acceptors (Lipinski definition) is 6. The second kappa shape index (κ2) is 9.27. The molecule has 4 rings (SSSR count). The monoisotopic (exact) mass is 490 g/mol. The molecular weight excluding hydrogens is 468 g/mol. The maximum Gasteiger partial charge on any atom is 0.286 e. The number of benzene rings is 2. The van der Waals surface area contributed by atoms with Gasteiger partial charge in [0.05, 0.1) is 4.90 Å². The van der Waals surface area contributed by atoms with E-state index in [1.54, 1.807) is 36.4 Å². The number of aromatic nitrogens is 2. The molecule has 1 aliphatic heterocycles. The van der Waals surface area contributed by atoms with Gasteiger partial charge in [-0.3, -0.25) is 4.79 Å². The fourth-order valence-corrected chi connectivity index (χ4v) is 6.57. The van der Waals surface area contributed by atoms with Crippen LogP contribution >= 0.6 is 22.9 Å². The summed E-state index contributed by atoms with van der Waals surface area (Å²) in [6.45, 7) is 4.61. The van der Waals surface area contributed by atoms with E-state index in [9.17, 15) is 13.2 Å². The molecule has 1 aliphatic rings. The molecule has 0 spiro atoms. The molecule has 1 fully saturated rings. The van der Waals surface area contributed by atoms with E-state index < -0.39 is 10.0 Å². The highest BCUT2D eigenvalue weighted by Gasteiger charge is 2.32. The zero-order valence-electron chi connectivity index (χ0n) is 17.7. The van der Waals surface area contributed by atoms with Crippen LogP contribution in [0.5, 0.6) is 0 Å². The number of piperidine rings is 1. The van der Waals surface area contributed by atoms with Gasteiger partial charge in [0.15, 0.2) is 0 Å². The lowest BCUT2D eigenvalue weighted by molar-refractivity contribution is 0.102.